The van der Waals surface area contributed by atoms with Gasteiger partial charge in [0.05, 0.1) is 0 Å². The van der Waals surface area contributed by atoms with E-state index in [1.165, 1.54) is 0 Å². The third-order valence-electron chi connectivity index (χ3n) is 3.52. The molecule has 0 heterocycles. The molecular weight excluding hydrogens is 254 g/mol. The van der Waals surface area contributed by atoms with E-state index in [0.29, 0.717) is 12.8 Å². The molecule has 0 aliphatic rings. The van der Waals surface area contributed by atoms with Crippen molar-refractivity contribution in [2.24, 2.45) is 5.92 Å². The van der Waals surface area contributed by atoms with Crippen molar-refractivity contribution in [1.82, 2.24) is 5.32 Å². The molecule has 0 aliphatic carbocycles. The van der Waals surface area contributed by atoms with Crippen LogP contribution in [-0.4, -0.2) is 23.5 Å². The molecule has 1 amide bonds. The second kappa shape index (κ2) is 7.08. The number of hydrogen-bond donors (Lipinski definition) is 2. The van der Waals surface area contributed by atoms with E-state index in [-0.39, 0.29) is 18.4 Å². The zero-order chi connectivity index (χ0) is 15.2. The fraction of sp³-hybridized carbons (Fsp3) is 0.500. The van der Waals surface area contributed by atoms with E-state index in [9.17, 15) is 14.7 Å². The first-order valence-corrected chi connectivity index (χ1v) is 6.98. The summed E-state index contributed by atoms with van der Waals surface area (Å²) in [7, 11) is 0. The van der Waals surface area contributed by atoms with Gasteiger partial charge in [0, 0.05) is 13.0 Å². The number of carbonyl (C=O) groups excluding carboxylic acids is 1. The minimum atomic E-state index is -1.06. The third-order valence-corrected chi connectivity index (χ3v) is 3.52. The molecule has 0 aliphatic heterocycles. The van der Waals surface area contributed by atoms with Gasteiger partial charge in [0.15, 0.2) is 0 Å². The Bertz CT molecular complexity index is 456. The van der Waals surface area contributed by atoms with Gasteiger partial charge in [0.25, 0.3) is 0 Å². The minimum absolute atomic E-state index is 0.102. The Morgan fingerprint density at radius 3 is 2.30 bits per heavy atom. The molecule has 0 saturated heterocycles. The highest BCUT2D eigenvalue weighted by atomic mass is 16.4. The van der Waals surface area contributed by atoms with E-state index >= 15 is 0 Å². The number of rotatable bonds is 7. The van der Waals surface area contributed by atoms with Crippen LogP contribution in [0.4, 0.5) is 0 Å². The van der Waals surface area contributed by atoms with Gasteiger partial charge < -0.3 is 10.4 Å². The van der Waals surface area contributed by atoms with Crippen LogP contribution in [0.1, 0.15) is 39.2 Å². The van der Waals surface area contributed by atoms with Crippen molar-refractivity contribution in [2.45, 2.75) is 39.0 Å². The SMILES string of the molecule is CCC(CNC(=O)CC(C)C)(C(=O)O)c1ccccc1. The maximum absolute atomic E-state index is 11.8. The number of carboxylic acid groups (broad SMARTS) is 1. The van der Waals surface area contributed by atoms with Gasteiger partial charge in [-0.2, -0.15) is 0 Å². The van der Waals surface area contributed by atoms with Gasteiger partial charge in [-0.25, -0.2) is 0 Å². The van der Waals surface area contributed by atoms with Crippen molar-refractivity contribution in [3.8, 4) is 0 Å². The van der Waals surface area contributed by atoms with Crippen LogP contribution in [0.3, 0.4) is 0 Å². The Labute approximate surface area is 120 Å². The van der Waals surface area contributed by atoms with Crippen LogP contribution >= 0.6 is 0 Å². The highest BCUT2D eigenvalue weighted by molar-refractivity contribution is 5.83. The monoisotopic (exact) mass is 277 g/mol. The summed E-state index contributed by atoms with van der Waals surface area (Å²) < 4.78 is 0. The summed E-state index contributed by atoms with van der Waals surface area (Å²) in [6.45, 7) is 5.87. The van der Waals surface area contributed by atoms with Crippen molar-refractivity contribution in [1.29, 1.82) is 0 Å². The van der Waals surface area contributed by atoms with E-state index in [1.807, 2.05) is 39.0 Å². The highest BCUT2D eigenvalue weighted by Gasteiger charge is 2.38. The molecule has 1 aromatic carbocycles. The summed E-state index contributed by atoms with van der Waals surface area (Å²) in [5, 5.41) is 12.4. The van der Waals surface area contributed by atoms with Gasteiger partial charge in [-0.05, 0) is 17.9 Å². The van der Waals surface area contributed by atoms with Crippen molar-refractivity contribution in [2.75, 3.05) is 6.54 Å². The van der Waals surface area contributed by atoms with Crippen molar-refractivity contribution < 1.29 is 14.7 Å². The third kappa shape index (κ3) is 3.83. The number of aliphatic carboxylic acids is 1. The summed E-state index contributed by atoms with van der Waals surface area (Å²) >= 11 is 0. The molecule has 0 fully saturated rings. The quantitative estimate of drug-likeness (QED) is 0.805. The number of carboxylic acids is 1. The number of nitrogens with one attached hydrogen (secondary N) is 1. The molecule has 1 rings (SSSR count). The number of carbonyl (C=O) groups is 2. The maximum Gasteiger partial charge on any atom is 0.315 e. The molecule has 0 bridgehead atoms. The molecule has 0 saturated carbocycles. The van der Waals surface area contributed by atoms with Crippen molar-refractivity contribution in [3.05, 3.63) is 35.9 Å². The van der Waals surface area contributed by atoms with Gasteiger partial charge in [0.2, 0.25) is 5.91 Å². The summed E-state index contributed by atoms with van der Waals surface area (Å²) in [5.74, 6) is -0.751. The molecule has 1 atom stereocenters. The van der Waals surface area contributed by atoms with Crippen LogP contribution in [0.15, 0.2) is 30.3 Å². The van der Waals surface area contributed by atoms with E-state index in [1.54, 1.807) is 12.1 Å². The Hall–Kier alpha value is -1.84. The second-order valence-electron chi connectivity index (χ2n) is 5.48. The first-order chi connectivity index (χ1) is 9.42. The minimum Gasteiger partial charge on any atom is -0.481 e. The predicted molar refractivity (Wildman–Crippen MR) is 78.5 cm³/mol. The fourth-order valence-corrected chi connectivity index (χ4v) is 2.23. The molecule has 0 radical (unpaired) electrons. The van der Waals surface area contributed by atoms with Crippen LogP contribution in [-0.2, 0) is 15.0 Å². The lowest BCUT2D eigenvalue weighted by Gasteiger charge is -2.29. The van der Waals surface area contributed by atoms with E-state index in [4.69, 9.17) is 0 Å². The number of amides is 1. The molecule has 20 heavy (non-hydrogen) atoms. The molecule has 0 spiro atoms. The van der Waals surface area contributed by atoms with E-state index < -0.39 is 11.4 Å². The van der Waals surface area contributed by atoms with Crippen molar-refractivity contribution >= 4 is 11.9 Å². The number of benzene rings is 1. The van der Waals surface area contributed by atoms with E-state index in [2.05, 4.69) is 5.32 Å². The largest absolute Gasteiger partial charge is 0.481 e. The van der Waals surface area contributed by atoms with Gasteiger partial charge >= 0.3 is 5.97 Å². The second-order valence-corrected chi connectivity index (χ2v) is 5.48. The van der Waals surface area contributed by atoms with Gasteiger partial charge in [-0.1, -0.05) is 51.1 Å². The Morgan fingerprint density at radius 2 is 1.85 bits per heavy atom. The Morgan fingerprint density at radius 1 is 1.25 bits per heavy atom. The molecule has 1 aromatic rings. The lowest BCUT2D eigenvalue weighted by Crippen LogP contribution is -2.46. The standard InChI is InChI=1S/C16H23NO3/c1-4-16(15(19)20,13-8-6-5-7-9-13)11-17-14(18)10-12(2)3/h5-9,12H,4,10-11H2,1-3H3,(H,17,18)(H,19,20). The average molecular weight is 277 g/mol. The Kier molecular flexibility index (Phi) is 5.74. The topological polar surface area (TPSA) is 66.4 Å². The van der Waals surface area contributed by atoms with E-state index in [0.717, 1.165) is 5.56 Å². The van der Waals surface area contributed by atoms with Crippen LogP contribution < -0.4 is 5.32 Å². The van der Waals surface area contributed by atoms with Crippen LogP contribution in [0, 0.1) is 5.92 Å². The van der Waals surface area contributed by atoms with Crippen LogP contribution in [0.25, 0.3) is 0 Å². The van der Waals surface area contributed by atoms with Gasteiger partial charge in [-0.3, -0.25) is 9.59 Å². The fourth-order valence-electron chi connectivity index (χ4n) is 2.23. The highest BCUT2D eigenvalue weighted by Crippen LogP contribution is 2.27. The summed E-state index contributed by atoms with van der Waals surface area (Å²) in [5.41, 5.74) is -0.340. The van der Waals surface area contributed by atoms with Gasteiger partial charge in [-0.15, -0.1) is 0 Å². The average Bonchev–Trinajstić information content (AvgIpc) is 2.40. The zero-order valence-electron chi connectivity index (χ0n) is 12.3. The van der Waals surface area contributed by atoms with Crippen molar-refractivity contribution in [3.63, 3.8) is 0 Å². The molecule has 4 heteroatoms. The summed E-state index contributed by atoms with van der Waals surface area (Å²) in [6, 6.07) is 9.08. The zero-order valence-corrected chi connectivity index (χ0v) is 12.3. The molecule has 110 valence electrons. The Balaban J connectivity index is 2.91. The molecule has 2 N–H and O–H groups in total. The molecule has 0 aromatic heterocycles. The maximum atomic E-state index is 11.8. The smallest absolute Gasteiger partial charge is 0.315 e. The lowest BCUT2D eigenvalue weighted by molar-refractivity contribution is -0.144. The van der Waals surface area contributed by atoms with Gasteiger partial charge in [0.1, 0.15) is 5.41 Å². The summed E-state index contributed by atoms with van der Waals surface area (Å²) in [6.07, 6.45) is 0.836. The molecule has 4 nitrogen and oxygen atoms in total. The first-order valence-electron chi connectivity index (χ1n) is 6.98. The van der Waals surface area contributed by atoms with Crippen LogP contribution in [0.2, 0.25) is 0 Å². The van der Waals surface area contributed by atoms with Crippen LogP contribution in [0.5, 0.6) is 0 Å². The lowest BCUT2D eigenvalue weighted by atomic mass is 9.78. The first kappa shape index (κ1) is 16.2. The predicted octanol–water partition coefficient (Wildman–Crippen LogP) is 2.58. The normalized spacial score (nSPS) is 13.8. The summed E-state index contributed by atoms with van der Waals surface area (Å²) in [4.78, 5) is 23.5. The molecular formula is C16H23NO3. The number of hydrogen-bond acceptors (Lipinski definition) is 2. The molecule has 1 unspecified atom stereocenters.